The third-order valence-electron chi connectivity index (χ3n) is 5.96. The minimum atomic E-state index is -2.54. The molecular weight excluding hydrogens is 384 g/mol. The standard InChI is InChI=1S/C27H38O2Si/c1-23(2)14-13-19-27(6,22-28)20-21-29-30(26(3,4)5,24-15-9-7-10-16-24)25-17-11-8-12-18-25/h7-12,14-18,22H,13,19-21H2,1-6H3/t27-/m0/s1. The largest absolute Gasteiger partial charge is 0.407 e. The zero-order valence-corrected chi connectivity index (χ0v) is 20.6. The van der Waals surface area contributed by atoms with E-state index in [1.165, 1.54) is 15.9 Å². The van der Waals surface area contributed by atoms with E-state index in [4.69, 9.17) is 4.43 Å². The fraction of sp³-hybridized carbons (Fsp3) is 0.444. The molecule has 162 valence electrons. The second-order valence-corrected chi connectivity index (χ2v) is 14.2. The van der Waals surface area contributed by atoms with Crippen LogP contribution in [0.25, 0.3) is 0 Å². The van der Waals surface area contributed by atoms with Crippen molar-refractivity contribution in [2.45, 2.75) is 65.8 Å². The summed E-state index contributed by atoms with van der Waals surface area (Å²) < 4.78 is 6.96. The summed E-state index contributed by atoms with van der Waals surface area (Å²) in [5.41, 5.74) is 0.934. The third kappa shape index (κ3) is 5.80. The molecule has 0 saturated carbocycles. The van der Waals surface area contributed by atoms with Gasteiger partial charge < -0.3 is 9.22 Å². The monoisotopic (exact) mass is 422 g/mol. The maximum Gasteiger partial charge on any atom is 0.261 e. The first kappa shape index (κ1) is 24.3. The Kier molecular flexibility index (Phi) is 8.40. The minimum Gasteiger partial charge on any atom is -0.407 e. The molecule has 1 atom stereocenters. The first-order chi connectivity index (χ1) is 14.1. The van der Waals surface area contributed by atoms with Gasteiger partial charge >= 0.3 is 0 Å². The highest BCUT2D eigenvalue weighted by Crippen LogP contribution is 2.37. The molecule has 0 amide bonds. The van der Waals surface area contributed by atoms with Crippen molar-refractivity contribution in [3.05, 3.63) is 72.3 Å². The van der Waals surface area contributed by atoms with Crippen molar-refractivity contribution >= 4 is 25.0 Å². The molecule has 0 aliphatic rings. The molecule has 0 saturated heterocycles. The average Bonchev–Trinajstić information content (AvgIpc) is 2.71. The van der Waals surface area contributed by atoms with Gasteiger partial charge in [-0.15, -0.1) is 0 Å². The molecule has 0 fully saturated rings. The molecular formula is C27H38O2Si. The van der Waals surface area contributed by atoms with E-state index in [1.807, 2.05) is 0 Å². The Balaban J connectivity index is 2.35. The molecule has 0 bridgehead atoms. The quantitative estimate of drug-likeness (QED) is 0.270. The number of carbonyl (C=O) groups is 1. The zero-order valence-electron chi connectivity index (χ0n) is 19.6. The van der Waals surface area contributed by atoms with Gasteiger partial charge in [-0.2, -0.15) is 0 Å². The van der Waals surface area contributed by atoms with Gasteiger partial charge in [-0.05, 0) is 48.5 Å². The van der Waals surface area contributed by atoms with Crippen LogP contribution >= 0.6 is 0 Å². The smallest absolute Gasteiger partial charge is 0.261 e. The van der Waals surface area contributed by atoms with Gasteiger partial charge in [-0.25, -0.2) is 0 Å². The van der Waals surface area contributed by atoms with Crippen LogP contribution in [0.5, 0.6) is 0 Å². The number of carbonyl (C=O) groups excluding carboxylic acids is 1. The number of hydrogen-bond acceptors (Lipinski definition) is 2. The van der Waals surface area contributed by atoms with Gasteiger partial charge in [0.15, 0.2) is 0 Å². The minimum absolute atomic E-state index is 0.0463. The highest BCUT2D eigenvalue weighted by Gasteiger charge is 2.50. The van der Waals surface area contributed by atoms with Crippen LogP contribution in [0.1, 0.15) is 60.8 Å². The molecule has 2 nitrogen and oxygen atoms in total. The summed E-state index contributed by atoms with van der Waals surface area (Å²) in [6, 6.07) is 21.3. The van der Waals surface area contributed by atoms with Crippen molar-refractivity contribution in [3.8, 4) is 0 Å². The first-order valence-corrected chi connectivity index (χ1v) is 12.9. The second kappa shape index (κ2) is 10.4. The lowest BCUT2D eigenvalue weighted by Gasteiger charge is -2.43. The molecule has 0 unspecified atom stereocenters. The van der Waals surface area contributed by atoms with Gasteiger partial charge in [-0.1, -0.05) is 100 Å². The summed E-state index contributed by atoms with van der Waals surface area (Å²) in [5, 5.41) is 2.51. The topological polar surface area (TPSA) is 26.3 Å². The van der Waals surface area contributed by atoms with E-state index in [0.717, 1.165) is 25.5 Å². The molecule has 0 N–H and O–H groups in total. The van der Waals surface area contributed by atoms with Crippen molar-refractivity contribution in [3.63, 3.8) is 0 Å². The van der Waals surface area contributed by atoms with Crippen LogP contribution in [-0.2, 0) is 9.22 Å². The third-order valence-corrected chi connectivity index (χ3v) is 11.0. The summed E-state index contributed by atoms with van der Waals surface area (Å²) in [7, 11) is -2.54. The van der Waals surface area contributed by atoms with Crippen LogP contribution in [0.15, 0.2) is 72.3 Å². The lowest BCUT2D eigenvalue weighted by Crippen LogP contribution is -2.66. The van der Waals surface area contributed by atoms with E-state index in [9.17, 15) is 4.79 Å². The Labute approximate surface area is 184 Å². The van der Waals surface area contributed by atoms with E-state index in [2.05, 4.69) is 108 Å². The van der Waals surface area contributed by atoms with Gasteiger partial charge in [0.1, 0.15) is 6.29 Å². The van der Waals surface area contributed by atoms with Crippen LogP contribution in [0.4, 0.5) is 0 Å². The number of rotatable bonds is 10. The molecule has 30 heavy (non-hydrogen) atoms. The Hall–Kier alpha value is -1.97. The molecule has 0 aliphatic heterocycles. The predicted octanol–water partition coefficient (Wildman–Crippen LogP) is 5.90. The highest BCUT2D eigenvalue weighted by molar-refractivity contribution is 6.99. The van der Waals surface area contributed by atoms with Crippen LogP contribution in [0.3, 0.4) is 0 Å². The Morgan fingerprint density at radius 2 is 1.37 bits per heavy atom. The number of hydrogen-bond donors (Lipinski definition) is 0. The van der Waals surface area contributed by atoms with Gasteiger partial charge in [0, 0.05) is 12.0 Å². The predicted molar refractivity (Wildman–Crippen MR) is 131 cm³/mol. The maximum atomic E-state index is 11.9. The summed E-state index contributed by atoms with van der Waals surface area (Å²) in [6.07, 6.45) is 5.85. The normalized spacial score (nSPS) is 14.1. The Morgan fingerprint density at radius 1 is 0.867 bits per heavy atom. The Bertz CT molecular complexity index is 777. The van der Waals surface area contributed by atoms with Gasteiger partial charge in [0.2, 0.25) is 0 Å². The maximum absolute atomic E-state index is 11.9. The van der Waals surface area contributed by atoms with E-state index >= 15 is 0 Å². The van der Waals surface area contributed by atoms with Crippen molar-refractivity contribution in [2.75, 3.05) is 6.61 Å². The highest BCUT2D eigenvalue weighted by atomic mass is 28.4. The zero-order chi connectivity index (χ0) is 22.3. The molecule has 2 aromatic rings. The van der Waals surface area contributed by atoms with Gasteiger partial charge in [0.25, 0.3) is 8.32 Å². The molecule has 0 aromatic heterocycles. The van der Waals surface area contributed by atoms with Crippen LogP contribution in [0, 0.1) is 5.41 Å². The molecule has 2 aromatic carbocycles. The van der Waals surface area contributed by atoms with Crippen molar-refractivity contribution in [2.24, 2.45) is 5.41 Å². The molecule has 0 heterocycles. The number of benzene rings is 2. The van der Waals surface area contributed by atoms with Crippen molar-refractivity contribution in [1.29, 1.82) is 0 Å². The van der Waals surface area contributed by atoms with Gasteiger partial charge in [-0.3, -0.25) is 0 Å². The van der Waals surface area contributed by atoms with E-state index < -0.39 is 8.32 Å². The number of aldehydes is 1. The molecule has 0 radical (unpaired) electrons. The van der Waals surface area contributed by atoms with Crippen molar-refractivity contribution < 1.29 is 9.22 Å². The fourth-order valence-corrected chi connectivity index (χ4v) is 8.70. The summed E-state index contributed by atoms with van der Waals surface area (Å²) in [5.74, 6) is 0. The summed E-state index contributed by atoms with van der Waals surface area (Å²) in [6.45, 7) is 13.7. The molecule has 3 heteroatoms. The lowest BCUT2D eigenvalue weighted by atomic mass is 9.84. The van der Waals surface area contributed by atoms with E-state index in [0.29, 0.717) is 6.61 Å². The molecule has 2 rings (SSSR count). The second-order valence-electron chi connectivity index (χ2n) is 9.85. The van der Waals surface area contributed by atoms with E-state index in [1.54, 1.807) is 0 Å². The van der Waals surface area contributed by atoms with E-state index in [-0.39, 0.29) is 10.5 Å². The lowest BCUT2D eigenvalue weighted by molar-refractivity contribution is -0.116. The number of allylic oxidation sites excluding steroid dienone is 2. The molecule has 0 spiro atoms. The SMILES string of the molecule is CC(C)=CCC[C@](C)(C=O)CCO[Si](c1ccccc1)(c1ccccc1)C(C)(C)C. The fourth-order valence-electron chi connectivity index (χ4n) is 4.13. The van der Waals surface area contributed by atoms with Gasteiger partial charge in [0.05, 0.1) is 0 Å². The average molecular weight is 423 g/mol. The van der Waals surface area contributed by atoms with Crippen LogP contribution < -0.4 is 10.4 Å². The van der Waals surface area contributed by atoms with Crippen LogP contribution in [-0.4, -0.2) is 21.2 Å². The van der Waals surface area contributed by atoms with Crippen molar-refractivity contribution in [1.82, 2.24) is 0 Å². The summed E-state index contributed by atoms with van der Waals surface area (Å²) >= 11 is 0. The first-order valence-electron chi connectivity index (χ1n) is 11.0. The van der Waals surface area contributed by atoms with Crippen LogP contribution in [0.2, 0.25) is 5.04 Å². The Morgan fingerprint density at radius 3 is 1.77 bits per heavy atom. The summed E-state index contributed by atoms with van der Waals surface area (Å²) in [4.78, 5) is 11.9. The molecule has 0 aliphatic carbocycles.